The van der Waals surface area contributed by atoms with Gasteiger partial charge >= 0.3 is 5.97 Å². The number of aryl methyl sites for hydroxylation is 1. The molecule has 0 bridgehead atoms. The minimum Gasteiger partial charge on any atom is -0.480 e. The van der Waals surface area contributed by atoms with Crippen LogP contribution in [0.4, 0.5) is 5.82 Å². The normalized spacial score (nSPS) is 12.6. The van der Waals surface area contributed by atoms with Crippen LogP contribution in [0.3, 0.4) is 0 Å². The molecule has 2 rings (SSSR count). The van der Waals surface area contributed by atoms with Crippen molar-refractivity contribution >= 4 is 22.7 Å². The number of hydrogen-bond donors (Lipinski definition) is 2. The molecular formula is C11H13N3O2. The van der Waals surface area contributed by atoms with Gasteiger partial charge in [-0.2, -0.15) is 5.10 Å². The molecule has 16 heavy (non-hydrogen) atoms. The molecule has 0 aliphatic heterocycles. The number of anilines is 1. The highest BCUT2D eigenvalue weighted by atomic mass is 16.4. The van der Waals surface area contributed by atoms with Gasteiger partial charge in [0.2, 0.25) is 0 Å². The van der Waals surface area contributed by atoms with Crippen LogP contribution in [-0.2, 0) is 11.8 Å². The van der Waals surface area contributed by atoms with Gasteiger partial charge in [-0.05, 0) is 19.1 Å². The molecule has 0 aliphatic carbocycles. The standard InChI is InChI=1S/C11H13N3O2/c1-7(11(15)16)12-10-8-5-3-4-6-9(8)14(2)13-10/h3-7H,1-2H3,(H,12,13)(H,15,16). The monoisotopic (exact) mass is 219 g/mol. The SMILES string of the molecule is CC(Nc1nn(C)c2ccccc12)C(=O)O. The van der Waals surface area contributed by atoms with E-state index in [-0.39, 0.29) is 0 Å². The lowest BCUT2D eigenvalue weighted by atomic mass is 10.2. The van der Waals surface area contributed by atoms with E-state index in [1.54, 1.807) is 11.6 Å². The third-order valence-corrected chi connectivity index (χ3v) is 2.48. The van der Waals surface area contributed by atoms with Gasteiger partial charge in [0, 0.05) is 12.4 Å². The zero-order valence-corrected chi connectivity index (χ0v) is 9.14. The number of para-hydroxylation sites is 1. The summed E-state index contributed by atoms with van der Waals surface area (Å²) in [5, 5.41) is 16.9. The van der Waals surface area contributed by atoms with Crippen LogP contribution in [0.15, 0.2) is 24.3 Å². The van der Waals surface area contributed by atoms with E-state index in [2.05, 4.69) is 10.4 Å². The summed E-state index contributed by atoms with van der Waals surface area (Å²) in [5.74, 6) is -0.289. The highest BCUT2D eigenvalue weighted by molar-refractivity contribution is 5.91. The summed E-state index contributed by atoms with van der Waals surface area (Å²) in [6.07, 6.45) is 0. The molecule has 1 aromatic carbocycles. The number of carbonyl (C=O) groups is 1. The van der Waals surface area contributed by atoms with Gasteiger partial charge in [-0.1, -0.05) is 12.1 Å². The average Bonchev–Trinajstić information content (AvgIpc) is 2.57. The van der Waals surface area contributed by atoms with E-state index >= 15 is 0 Å². The van der Waals surface area contributed by atoms with E-state index in [4.69, 9.17) is 5.11 Å². The number of nitrogens with zero attached hydrogens (tertiary/aromatic N) is 2. The molecule has 5 heteroatoms. The van der Waals surface area contributed by atoms with Crippen molar-refractivity contribution in [1.29, 1.82) is 0 Å². The highest BCUT2D eigenvalue weighted by Crippen LogP contribution is 2.22. The van der Waals surface area contributed by atoms with Gasteiger partial charge in [-0.15, -0.1) is 0 Å². The zero-order chi connectivity index (χ0) is 11.7. The molecule has 1 unspecified atom stereocenters. The van der Waals surface area contributed by atoms with Crippen molar-refractivity contribution in [1.82, 2.24) is 9.78 Å². The minimum absolute atomic E-state index is 0.605. The van der Waals surface area contributed by atoms with Crippen LogP contribution in [0, 0.1) is 0 Å². The molecule has 0 spiro atoms. The van der Waals surface area contributed by atoms with Crippen molar-refractivity contribution in [3.63, 3.8) is 0 Å². The third-order valence-electron chi connectivity index (χ3n) is 2.48. The topological polar surface area (TPSA) is 67.2 Å². The van der Waals surface area contributed by atoms with E-state index in [1.807, 2.05) is 31.3 Å². The van der Waals surface area contributed by atoms with Crippen LogP contribution in [0.25, 0.3) is 10.9 Å². The number of rotatable bonds is 3. The molecule has 0 radical (unpaired) electrons. The Labute approximate surface area is 92.7 Å². The van der Waals surface area contributed by atoms with Crippen LogP contribution < -0.4 is 5.32 Å². The van der Waals surface area contributed by atoms with Crippen molar-refractivity contribution in [2.75, 3.05) is 5.32 Å². The van der Waals surface area contributed by atoms with Gasteiger partial charge in [0.25, 0.3) is 0 Å². The van der Waals surface area contributed by atoms with Crippen molar-refractivity contribution in [3.8, 4) is 0 Å². The quantitative estimate of drug-likeness (QED) is 0.820. The molecule has 1 aromatic heterocycles. The van der Waals surface area contributed by atoms with Crippen molar-refractivity contribution in [3.05, 3.63) is 24.3 Å². The second-order valence-corrected chi connectivity index (χ2v) is 3.69. The number of aliphatic carboxylic acids is 1. The fourth-order valence-electron chi connectivity index (χ4n) is 1.59. The first-order valence-electron chi connectivity index (χ1n) is 5.00. The predicted octanol–water partition coefficient (Wildman–Crippen LogP) is 1.46. The Kier molecular flexibility index (Phi) is 2.52. The molecule has 84 valence electrons. The summed E-state index contributed by atoms with van der Waals surface area (Å²) in [7, 11) is 1.83. The summed E-state index contributed by atoms with van der Waals surface area (Å²) in [6.45, 7) is 1.59. The molecule has 0 amide bonds. The first-order chi connectivity index (χ1) is 7.59. The molecule has 0 aliphatic rings. The number of fused-ring (bicyclic) bond motifs is 1. The Hall–Kier alpha value is -2.04. The lowest BCUT2D eigenvalue weighted by Crippen LogP contribution is -2.25. The van der Waals surface area contributed by atoms with Crippen molar-refractivity contribution in [2.24, 2.45) is 7.05 Å². The molecule has 2 aromatic rings. The van der Waals surface area contributed by atoms with Crippen LogP contribution in [0.5, 0.6) is 0 Å². The van der Waals surface area contributed by atoms with Gasteiger partial charge in [-0.25, -0.2) is 0 Å². The van der Waals surface area contributed by atoms with Gasteiger partial charge in [0.15, 0.2) is 5.82 Å². The number of hydrogen-bond acceptors (Lipinski definition) is 3. The molecule has 0 saturated heterocycles. The van der Waals surface area contributed by atoms with Crippen LogP contribution >= 0.6 is 0 Å². The van der Waals surface area contributed by atoms with Crippen LogP contribution in [-0.4, -0.2) is 26.9 Å². The number of nitrogens with one attached hydrogen (secondary N) is 1. The van der Waals surface area contributed by atoms with Crippen LogP contribution in [0.2, 0.25) is 0 Å². The van der Waals surface area contributed by atoms with E-state index in [1.165, 1.54) is 0 Å². The predicted molar refractivity (Wildman–Crippen MR) is 61.4 cm³/mol. The first kappa shape index (κ1) is 10.5. The Bertz CT molecular complexity index is 533. The maximum Gasteiger partial charge on any atom is 0.325 e. The fraction of sp³-hybridized carbons (Fsp3) is 0.273. The summed E-state index contributed by atoms with van der Waals surface area (Å²) in [4.78, 5) is 10.7. The number of carboxylic acids is 1. The Balaban J connectivity index is 2.42. The van der Waals surface area contributed by atoms with Gasteiger partial charge < -0.3 is 10.4 Å². The Morgan fingerprint density at radius 1 is 1.50 bits per heavy atom. The zero-order valence-electron chi connectivity index (χ0n) is 9.14. The third kappa shape index (κ3) is 1.71. The Morgan fingerprint density at radius 2 is 2.19 bits per heavy atom. The fourth-order valence-corrected chi connectivity index (χ4v) is 1.59. The summed E-state index contributed by atoms with van der Waals surface area (Å²) < 4.78 is 1.73. The molecule has 5 nitrogen and oxygen atoms in total. The average molecular weight is 219 g/mol. The Morgan fingerprint density at radius 3 is 2.88 bits per heavy atom. The summed E-state index contributed by atoms with van der Waals surface area (Å²) in [6, 6.07) is 7.03. The maximum atomic E-state index is 10.7. The summed E-state index contributed by atoms with van der Waals surface area (Å²) >= 11 is 0. The minimum atomic E-state index is -0.894. The smallest absolute Gasteiger partial charge is 0.325 e. The van der Waals surface area contributed by atoms with E-state index in [0.29, 0.717) is 5.82 Å². The van der Waals surface area contributed by atoms with Crippen molar-refractivity contribution < 1.29 is 9.90 Å². The van der Waals surface area contributed by atoms with E-state index < -0.39 is 12.0 Å². The second-order valence-electron chi connectivity index (χ2n) is 3.69. The van der Waals surface area contributed by atoms with E-state index in [9.17, 15) is 4.79 Å². The molecule has 0 saturated carbocycles. The van der Waals surface area contributed by atoms with Crippen molar-refractivity contribution in [2.45, 2.75) is 13.0 Å². The second kappa shape index (κ2) is 3.84. The highest BCUT2D eigenvalue weighted by Gasteiger charge is 2.14. The lowest BCUT2D eigenvalue weighted by molar-refractivity contribution is -0.137. The van der Waals surface area contributed by atoms with Crippen LogP contribution in [0.1, 0.15) is 6.92 Å². The maximum absolute atomic E-state index is 10.7. The van der Waals surface area contributed by atoms with E-state index in [0.717, 1.165) is 10.9 Å². The summed E-state index contributed by atoms with van der Waals surface area (Å²) in [5.41, 5.74) is 0.975. The number of carboxylic acid groups (broad SMARTS) is 1. The molecule has 2 N–H and O–H groups in total. The number of benzene rings is 1. The molecule has 0 fully saturated rings. The van der Waals surface area contributed by atoms with Gasteiger partial charge in [-0.3, -0.25) is 9.48 Å². The molecular weight excluding hydrogens is 206 g/mol. The van der Waals surface area contributed by atoms with Gasteiger partial charge in [0.05, 0.1) is 5.52 Å². The first-order valence-corrected chi connectivity index (χ1v) is 5.00. The lowest BCUT2D eigenvalue weighted by Gasteiger charge is -2.07. The van der Waals surface area contributed by atoms with Gasteiger partial charge in [0.1, 0.15) is 6.04 Å². The molecule has 1 heterocycles. The largest absolute Gasteiger partial charge is 0.480 e. The number of aromatic nitrogens is 2. The molecule has 1 atom stereocenters.